The highest BCUT2D eigenvalue weighted by atomic mass is 16.2. The van der Waals surface area contributed by atoms with Gasteiger partial charge in [-0.15, -0.1) is 5.10 Å². The number of hydrogen-bond donors (Lipinski definition) is 3. The van der Waals surface area contributed by atoms with Gasteiger partial charge in [-0.3, -0.25) is 4.79 Å². The molecule has 7 heteroatoms. The number of nitrogens with one attached hydrogen (secondary N) is 2. The molecule has 1 aromatic heterocycles. The molecule has 0 bridgehead atoms. The quantitative estimate of drug-likeness (QED) is 0.540. The fourth-order valence-electron chi connectivity index (χ4n) is 1.30. The lowest BCUT2D eigenvalue weighted by Gasteiger charge is -2.26. The minimum atomic E-state index is -0.223. The Morgan fingerprint density at radius 2 is 2.53 bits per heavy atom. The molecule has 1 fully saturated rings. The van der Waals surface area contributed by atoms with Crippen LogP contribution in [-0.4, -0.2) is 47.1 Å². The Kier molecular flexibility index (Phi) is 2.93. The van der Waals surface area contributed by atoms with Crippen molar-refractivity contribution in [1.29, 1.82) is 0 Å². The lowest BCUT2D eigenvalue weighted by molar-refractivity contribution is 0.0949. The van der Waals surface area contributed by atoms with Crippen LogP contribution in [0.5, 0.6) is 0 Å². The molecule has 1 saturated heterocycles. The molecule has 1 aliphatic heterocycles. The number of aromatic nitrogens is 3. The van der Waals surface area contributed by atoms with E-state index in [2.05, 4.69) is 20.9 Å². The van der Waals surface area contributed by atoms with Crippen molar-refractivity contribution in [2.75, 3.05) is 26.2 Å². The number of rotatable bonds is 4. The summed E-state index contributed by atoms with van der Waals surface area (Å²) in [5.74, 6) is -0.223. The largest absolute Gasteiger partial charge is 0.349 e. The molecular formula is C8H14N6O. The lowest BCUT2D eigenvalue weighted by atomic mass is 10.2. The third-order valence-electron chi connectivity index (χ3n) is 2.31. The Balaban J connectivity index is 1.96. The number of nitrogens with two attached hydrogens (primary N) is 1. The predicted octanol–water partition coefficient (Wildman–Crippen LogP) is -1.89. The van der Waals surface area contributed by atoms with Crippen LogP contribution < -0.4 is 16.4 Å². The molecule has 15 heavy (non-hydrogen) atoms. The number of carbonyl (C=O) groups is 1. The summed E-state index contributed by atoms with van der Waals surface area (Å²) >= 11 is 0. The van der Waals surface area contributed by atoms with E-state index in [1.54, 1.807) is 10.9 Å². The predicted molar refractivity (Wildman–Crippen MR) is 53.3 cm³/mol. The maximum absolute atomic E-state index is 11.4. The zero-order valence-corrected chi connectivity index (χ0v) is 8.31. The van der Waals surface area contributed by atoms with Crippen molar-refractivity contribution < 1.29 is 4.79 Å². The van der Waals surface area contributed by atoms with Gasteiger partial charge in [-0.05, 0) is 0 Å². The maximum Gasteiger partial charge on any atom is 0.273 e. The summed E-state index contributed by atoms with van der Waals surface area (Å²) in [5.41, 5.74) is 5.62. The standard InChI is InChI=1S/C8H14N6O/c9-1-2-11-8(15)7-5-14(13-12-7)6-3-10-4-6/h5-6,10H,1-4,9H2,(H,11,15). The Morgan fingerprint density at radius 3 is 3.13 bits per heavy atom. The van der Waals surface area contributed by atoms with Crippen molar-refractivity contribution in [2.24, 2.45) is 5.73 Å². The van der Waals surface area contributed by atoms with Gasteiger partial charge in [0.2, 0.25) is 0 Å². The summed E-state index contributed by atoms with van der Waals surface area (Å²) in [6, 6.07) is 0.327. The molecule has 7 nitrogen and oxygen atoms in total. The Labute approximate surface area is 87.0 Å². The molecule has 2 heterocycles. The summed E-state index contributed by atoms with van der Waals surface area (Å²) in [7, 11) is 0. The summed E-state index contributed by atoms with van der Waals surface area (Å²) in [4.78, 5) is 11.4. The van der Waals surface area contributed by atoms with E-state index in [9.17, 15) is 4.79 Å². The van der Waals surface area contributed by atoms with Crippen LogP contribution in [0.2, 0.25) is 0 Å². The van der Waals surface area contributed by atoms with Crippen LogP contribution in [0.25, 0.3) is 0 Å². The fraction of sp³-hybridized carbons (Fsp3) is 0.625. The second-order valence-electron chi connectivity index (χ2n) is 3.44. The lowest BCUT2D eigenvalue weighted by Crippen LogP contribution is -2.43. The van der Waals surface area contributed by atoms with Crippen LogP contribution in [0.4, 0.5) is 0 Å². The van der Waals surface area contributed by atoms with Gasteiger partial charge < -0.3 is 16.4 Å². The first-order chi connectivity index (χ1) is 7.31. The zero-order chi connectivity index (χ0) is 10.7. The SMILES string of the molecule is NCCNC(=O)c1cn(C2CNC2)nn1. The molecule has 1 aliphatic rings. The fourth-order valence-corrected chi connectivity index (χ4v) is 1.30. The molecule has 1 amide bonds. The molecule has 0 aromatic carbocycles. The monoisotopic (exact) mass is 210 g/mol. The Bertz CT molecular complexity index is 345. The highest BCUT2D eigenvalue weighted by molar-refractivity contribution is 5.91. The molecule has 2 rings (SSSR count). The van der Waals surface area contributed by atoms with Crippen LogP contribution in [0, 0.1) is 0 Å². The van der Waals surface area contributed by atoms with E-state index in [4.69, 9.17) is 5.73 Å². The first-order valence-corrected chi connectivity index (χ1v) is 4.92. The minimum absolute atomic E-state index is 0.223. The van der Waals surface area contributed by atoms with Crippen molar-refractivity contribution in [1.82, 2.24) is 25.6 Å². The van der Waals surface area contributed by atoms with Gasteiger partial charge in [0.15, 0.2) is 5.69 Å². The smallest absolute Gasteiger partial charge is 0.273 e. The highest BCUT2D eigenvalue weighted by Crippen LogP contribution is 2.09. The van der Waals surface area contributed by atoms with E-state index < -0.39 is 0 Å². The number of hydrogen-bond acceptors (Lipinski definition) is 5. The van der Waals surface area contributed by atoms with E-state index in [1.807, 2.05) is 0 Å². The van der Waals surface area contributed by atoms with Gasteiger partial charge in [-0.2, -0.15) is 0 Å². The maximum atomic E-state index is 11.4. The highest BCUT2D eigenvalue weighted by Gasteiger charge is 2.21. The molecular weight excluding hydrogens is 196 g/mol. The number of carbonyl (C=O) groups excluding carboxylic acids is 1. The van der Waals surface area contributed by atoms with Crippen molar-refractivity contribution in [3.63, 3.8) is 0 Å². The summed E-state index contributed by atoms with van der Waals surface area (Å²) < 4.78 is 1.72. The van der Waals surface area contributed by atoms with E-state index in [0.717, 1.165) is 13.1 Å². The molecule has 0 saturated carbocycles. The van der Waals surface area contributed by atoms with Crippen molar-refractivity contribution in [3.8, 4) is 0 Å². The molecule has 0 atom stereocenters. The molecule has 4 N–H and O–H groups in total. The van der Waals surface area contributed by atoms with Crippen molar-refractivity contribution in [2.45, 2.75) is 6.04 Å². The van der Waals surface area contributed by atoms with Crippen LogP contribution in [-0.2, 0) is 0 Å². The second kappa shape index (κ2) is 4.37. The van der Waals surface area contributed by atoms with Gasteiger partial charge >= 0.3 is 0 Å². The van der Waals surface area contributed by atoms with Gasteiger partial charge in [-0.25, -0.2) is 4.68 Å². The summed E-state index contributed by atoms with van der Waals surface area (Å²) in [5, 5.41) is 13.5. The minimum Gasteiger partial charge on any atom is -0.349 e. The van der Waals surface area contributed by atoms with Gasteiger partial charge in [0.05, 0.1) is 12.2 Å². The van der Waals surface area contributed by atoms with E-state index in [1.165, 1.54) is 0 Å². The van der Waals surface area contributed by atoms with Gasteiger partial charge in [-0.1, -0.05) is 5.21 Å². The van der Waals surface area contributed by atoms with Gasteiger partial charge in [0, 0.05) is 26.2 Å². The second-order valence-corrected chi connectivity index (χ2v) is 3.44. The third-order valence-corrected chi connectivity index (χ3v) is 2.31. The number of amides is 1. The average Bonchev–Trinajstić information content (AvgIpc) is 2.60. The van der Waals surface area contributed by atoms with Crippen LogP contribution >= 0.6 is 0 Å². The van der Waals surface area contributed by atoms with Crippen molar-refractivity contribution in [3.05, 3.63) is 11.9 Å². The molecule has 0 aliphatic carbocycles. The van der Waals surface area contributed by atoms with Gasteiger partial charge in [0.1, 0.15) is 0 Å². The van der Waals surface area contributed by atoms with Crippen LogP contribution in [0.1, 0.15) is 16.5 Å². The van der Waals surface area contributed by atoms with Crippen molar-refractivity contribution >= 4 is 5.91 Å². The van der Waals surface area contributed by atoms with Crippen LogP contribution in [0.15, 0.2) is 6.20 Å². The third kappa shape index (κ3) is 2.13. The first kappa shape index (κ1) is 10.1. The average molecular weight is 210 g/mol. The molecule has 82 valence electrons. The van der Waals surface area contributed by atoms with E-state index in [-0.39, 0.29) is 5.91 Å². The first-order valence-electron chi connectivity index (χ1n) is 4.92. The summed E-state index contributed by atoms with van der Waals surface area (Å²) in [6.45, 7) is 2.64. The van der Waals surface area contributed by atoms with Gasteiger partial charge in [0.25, 0.3) is 5.91 Å². The molecule has 1 aromatic rings. The topological polar surface area (TPSA) is 97.9 Å². The summed E-state index contributed by atoms with van der Waals surface area (Å²) in [6.07, 6.45) is 1.66. The van der Waals surface area contributed by atoms with Crippen LogP contribution in [0.3, 0.4) is 0 Å². The Hall–Kier alpha value is -1.47. The number of nitrogens with zero attached hydrogens (tertiary/aromatic N) is 3. The van der Waals surface area contributed by atoms with E-state index in [0.29, 0.717) is 24.8 Å². The molecule has 0 radical (unpaired) electrons. The Morgan fingerprint density at radius 1 is 1.73 bits per heavy atom. The molecule has 0 spiro atoms. The zero-order valence-electron chi connectivity index (χ0n) is 8.31. The normalized spacial score (nSPS) is 16.1. The molecule has 0 unspecified atom stereocenters. The van der Waals surface area contributed by atoms with E-state index >= 15 is 0 Å².